The predicted octanol–water partition coefficient (Wildman–Crippen LogP) is 3.71. The van der Waals surface area contributed by atoms with Gasteiger partial charge >= 0.3 is 0 Å². The van der Waals surface area contributed by atoms with E-state index in [1.54, 1.807) is 0 Å². The van der Waals surface area contributed by atoms with Gasteiger partial charge in [-0.1, -0.05) is 32.0 Å². The highest BCUT2D eigenvalue weighted by molar-refractivity contribution is 5.79. The van der Waals surface area contributed by atoms with Crippen LogP contribution in [0.1, 0.15) is 68.8 Å². The van der Waals surface area contributed by atoms with E-state index < -0.39 is 0 Å². The molecule has 1 fully saturated rings. The van der Waals surface area contributed by atoms with Gasteiger partial charge in [0.05, 0.1) is 23.6 Å². The molecule has 2 heterocycles. The van der Waals surface area contributed by atoms with E-state index in [2.05, 4.69) is 38.2 Å². The van der Waals surface area contributed by atoms with Crippen LogP contribution >= 0.6 is 0 Å². The summed E-state index contributed by atoms with van der Waals surface area (Å²) in [6.45, 7) is 7.87. The number of fused-ring (bicyclic) bond motifs is 1. The van der Waals surface area contributed by atoms with E-state index >= 15 is 0 Å². The largest absolute Gasteiger partial charge is 0.349 e. The SMILES string of the molecule is Cc1ccccc1-n1ncc2c1CC(C)(C)C[C@@H]2NC(=O)CCN1CCCCC1=O. The molecular weight excluding hydrogens is 376 g/mol. The fraction of sp³-hybridized carbons (Fsp3) is 0.542. The van der Waals surface area contributed by atoms with Crippen molar-refractivity contribution in [3.63, 3.8) is 0 Å². The second kappa shape index (κ2) is 8.25. The fourth-order valence-electron chi connectivity index (χ4n) is 4.78. The van der Waals surface area contributed by atoms with E-state index in [4.69, 9.17) is 5.10 Å². The van der Waals surface area contributed by atoms with Crippen LogP contribution in [0.2, 0.25) is 0 Å². The van der Waals surface area contributed by atoms with Crippen molar-refractivity contribution in [2.75, 3.05) is 13.1 Å². The van der Waals surface area contributed by atoms with Crippen LogP contribution in [0.3, 0.4) is 0 Å². The molecule has 1 aliphatic heterocycles. The van der Waals surface area contributed by atoms with Crippen molar-refractivity contribution in [2.45, 2.75) is 65.3 Å². The summed E-state index contributed by atoms with van der Waals surface area (Å²) in [6, 6.07) is 8.21. The second-order valence-corrected chi connectivity index (χ2v) is 9.50. The van der Waals surface area contributed by atoms with Crippen LogP contribution in [-0.2, 0) is 16.0 Å². The van der Waals surface area contributed by atoms with Crippen molar-refractivity contribution < 1.29 is 9.59 Å². The molecule has 2 aliphatic rings. The summed E-state index contributed by atoms with van der Waals surface area (Å²) in [6.07, 6.45) is 6.68. The fourth-order valence-corrected chi connectivity index (χ4v) is 4.78. The molecule has 4 rings (SSSR count). The Labute approximate surface area is 178 Å². The van der Waals surface area contributed by atoms with Crippen LogP contribution in [-0.4, -0.2) is 39.6 Å². The molecule has 1 atom stereocenters. The molecule has 2 aromatic rings. The number of para-hydroxylation sites is 1. The van der Waals surface area contributed by atoms with E-state index in [1.807, 2.05) is 27.9 Å². The lowest BCUT2D eigenvalue weighted by atomic mass is 9.74. The number of hydrogen-bond donors (Lipinski definition) is 1. The highest BCUT2D eigenvalue weighted by atomic mass is 16.2. The van der Waals surface area contributed by atoms with Gasteiger partial charge in [0.1, 0.15) is 0 Å². The summed E-state index contributed by atoms with van der Waals surface area (Å²) in [5.41, 5.74) is 4.62. The van der Waals surface area contributed by atoms with E-state index in [0.29, 0.717) is 19.4 Å². The quantitative estimate of drug-likeness (QED) is 0.820. The first-order valence-electron chi connectivity index (χ1n) is 11.0. The van der Waals surface area contributed by atoms with E-state index in [1.165, 1.54) is 11.3 Å². The van der Waals surface area contributed by atoms with E-state index in [0.717, 1.165) is 43.5 Å². The minimum atomic E-state index is -0.0499. The number of aryl methyl sites for hydroxylation is 1. The van der Waals surface area contributed by atoms with Crippen molar-refractivity contribution in [3.05, 3.63) is 47.3 Å². The Morgan fingerprint density at radius 2 is 2.07 bits per heavy atom. The first-order chi connectivity index (χ1) is 14.3. The summed E-state index contributed by atoms with van der Waals surface area (Å²) in [7, 11) is 0. The minimum absolute atomic E-state index is 0.00525. The van der Waals surface area contributed by atoms with Gasteiger partial charge in [-0.3, -0.25) is 9.59 Å². The molecule has 1 saturated heterocycles. The standard InChI is InChI=1S/C24H32N4O2/c1-17-8-4-5-9-20(17)28-21-15-24(2,3)14-19(18(21)16-25-28)26-22(29)11-13-27-12-7-6-10-23(27)30/h4-5,8-9,16,19H,6-7,10-15H2,1-3H3,(H,26,29)/t19-/m0/s1. The zero-order valence-corrected chi connectivity index (χ0v) is 18.3. The Hall–Kier alpha value is -2.63. The number of nitrogens with zero attached hydrogens (tertiary/aromatic N) is 3. The molecular formula is C24H32N4O2. The lowest BCUT2D eigenvalue weighted by molar-refractivity contribution is -0.133. The van der Waals surface area contributed by atoms with Gasteiger partial charge in [0.2, 0.25) is 11.8 Å². The van der Waals surface area contributed by atoms with Gasteiger partial charge in [-0.05, 0) is 49.7 Å². The topological polar surface area (TPSA) is 67.2 Å². The molecule has 160 valence electrons. The van der Waals surface area contributed by atoms with Gasteiger partial charge in [0.25, 0.3) is 0 Å². The number of amides is 2. The first kappa shape index (κ1) is 20.6. The maximum atomic E-state index is 12.7. The number of hydrogen-bond acceptors (Lipinski definition) is 3. The molecule has 6 nitrogen and oxygen atoms in total. The maximum Gasteiger partial charge on any atom is 0.222 e. The van der Waals surface area contributed by atoms with Gasteiger partial charge in [0, 0.05) is 31.5 Å². The van der Waals surface area contributed by atoms with Crippen molar-refractivity contribution >= 4 is 11.8 Å². The zero-order valence-electron chi connectivity index (χ0n) is 18.3. The van der Waals surface area contributed by atoms with Crippen molar-refractivity contribution in [1.82, 2.24) is 20.0 Å². The van der Waals surface area contributed by atoms with E-state index in [9.17, 15) is 9.59 Å². The van der Waals surface area contributed by atoms with Gasteiger partial charge < -0.3 is 10.2 Å². The van der Waals surface area contributed by atoms with Gasteiger partial charge in [0.15, 0.2) is 0 Å². The van der Waals surface area contributed by atoms with Crippen molar-refractivity contribution in [3.8, 4) is 5.69 Å². The third kappa shape index (κ3) is 4.27. The summed E-state index contributed by atoms with van der Waals surface area (Å²) >= 11 is 0. The highest BCUT2D eigenvalue weighted by Gasteiger charge is 2.36. The molecule has 0 saturated carbocycles. The Kier molecular flexibility index (Phi) is 5.67. The number of likely N-dealkylation sites (tertiary alicyclic amines) is 1. The number of rotatable bonds is 5. The highest BCUT2D eigenvalue weighted by Crippen LogP contribution is 2.41. The zero-order chi connectivity index (χ0) is 21.3. The van der Waals surface area contributed by atoms with Crippen LogP contribution in [0.25, 0.3) is 5.69 Å². The van der Waals surface area contributed by atoms with Gasteiger partial charge in [-0.25, -0.2) is 4.68 Å². The molecule has 1 aromatic carbocycles. The van der Waals surface area contributed by atoms with Crippen molar-refractivity contribution in [1.29, 1.82) is 0 Å². The average molecular weight is 409 g/mol. The number of carbonyl (C=O) groups excluding carboxylic acids is 2. The van der Waals surface area contributed by atoms with Crippen LogP contribution in [0.4, 0.5) is 0 Å². The van der Waals surface area contributed by atoms with Crippen LogP contribution in [0.5, 0.6) is 0 Å². The predicted molar refractivity (Wildman–Crippen MR) is 116 cm³/mol. The molecule has 0 bridgehead atoms. The molecule has 30 heavy (non-hydrogen) atoms. The summed E-state index contributed by atoms with van der Waals surface area (Å²) in [5, 5.41) is 7.93. The number of aromatic nitrogens is 2. The molecule has 1 aromatic heterocycles. The number of carbonyl (C=O) groups is 2. The van der Waals surface area contributed by atoms with Crippen LogP contribution < -0.4 is 5.32 Å². The Morgan fingerprint density at radius 1 is 1.27 bits per heavy atom. The lowest BCUT2D eigenvalue weighted by Gasteiger charge is -2.36. The molecule has 0 spiro atoms. The monoisotopic (exact) mass is 408 g/mol. The van der Waals surface area contributed by atoms with Gasteiger partial charge in [-0.2, -0.15) is 5.10 Å². The van der Waals surface area contributed by atoms with Crippen molar-refractivity contribution in [2.24, 2.45) is 5.41 Å². The second-order valence-electron chi connectivity index (χ2n) is 9.50. The van der Waals surface area contributed by atoms with Crippen LogP contribution in [0.15, 0.2) is 30.5 Å². The first-order valence-corrected chi connectivity index (χ1v) is 11.0. The normalized spacial score (nSPS) is 20.7. The Balaban J connectivity index is 1.50. The molecule has 2 amide bonds. The lowest BCUT2D eigenvalue weighted by Crippen LogP contribution is -2.40. The molecule has 0 radical (unpaired) electrons. The van der Waals surface area contributed by atoms with E-state index in [-0.39, 0.29) is 23.3 Å². The molecule has 1 N–H and O–H groups in total. The third-order valence-corrected chi connectivity index (χ3v) is 6.39. The average Bonchev–Trinajstić information content (AvgIpc) is 3.10. The van der Waals surface area contributed by atoms with Crippen LogP contribution in [0, 0.1) is 12.3 Å². The Morgan fingerprint density at radius 3 is 2.83 bits per heavy atom. The summed E-state index contributed by atoms with van der Waals surface area (Å²) in [5.74, 6) is 0.181. The Bertz CT molecular complexity index is 946. The summed E-state index contributed by atoms with van der Waals surface area (Å²) < 4.78 is 2.04. The molecule has 6 heteroatoms. The smallest absolute Gasteiger partial charge is 0.222 e. The van der Waals surface area contributed by atoms with Gasteiger partial charge in [-0.15, -0.1) is 0 Å². The number of piperidine rings is 1. The number of nitrogens with one attached hydrogen (secondary N) is 1. The number of benzene rings is 1. The third-order valence-electron chi connectivity index (χ3n) is 6.39. The molecule has 0 unspecified atom stereocenters. The maximum absolute atomic E-state index is 12.7. The molecule has 1 aliphatic carbocycles. The summed E-state index contributed by atoms with van der Waals surface area (Å²) in [4.78, 5) is 26.6. The minimum Gasteiger partial charge on any atom is -0.349 e.